The largest absolute Gasteiger partial charge is 0.310 e. The van der Waals surface area contributed by atoms with E-state index < -0.39 is 0 Å². The molecule has 0 bridgehead atoms. The Morgan fingerprint density at radius 1 is 0.420 bits per heavy atom. The molecule has 0 spiro atoms. The van der Waals surface area contributed by atoms with Gasteiger partial charge in [-0.25, -0.2) is 0 Å². The number of benzene rings is 9. The zero-order valence-electron chi connectivity index (χ0n) is 41.4. The van der Waals surface area contributed by atoms with Crippen molar-refractivity contribution in [2.24, 2.45) is 10.8 Å². The van der Waals surface area contributed by atoms with Gasteiger partial charge in [-0.15, -0.1) is 0 Å². The van der Waals surface area contributed by atoms with Gasteiger partial charge in [0.2, 0.25) is 0 Å². The molecule has 0 fully saturated rings. The average molecular weight is 895 g/mol. The Hall–Kier alpha value is -7.42. The molecule has 10 aromatic rings. The highest BCUT2D eigenvalue weighted by atomic mass is 15.1. The highest BCUT2D eigenvalue weighted by molar-refractivity contribution is 6.11. The van der Waals surface area contributed by atoms with Gasteiger partial charge in [-0.3, -0.25) is 0 Å². The first-order valence-corrected chi connectivity index (χ1v) is 24.8. The molecular formula is C67H62N2. The fourth-order valence-electron chi connectivity index (χ4n) is 11.2. The molecule has 1 aromatic heterocycles. The van der Waals surface area contributed by atoms with Gasteiger partial charge in [0.05, 0.1) is 11.0 Å². The van der Waals surface area contributed by atoms with Crippen LogP contribution in [-0.4, -0.2) is 4.57 Å². The lowest BCUT2D eigenvalue weighted by Crippen LogP contribution is -2.23. The molecule has 2 heteroatoms. The maximum absolute atomic E-state index is 2.41. The third kappa shape index (κ3) is 8.16. The Balaban J connectivity index is 0.911. The number of para-hydroxylation sites is 2. The van der Waals surface area contributed by atoms with E-state index in [9.17, 15) is 0 Å². The summed E-state index contributed by atoms with van der Waals surface area (Å²) < 4.78 is 2.41. The molecule has 0 N–H and O–H groups in total. The molecule has 1 aliphatic carbocycles. The van der Waals surface area contributed by atoms with Gasteiger partial charge in [0.25, 0.3) is 0 Å². The van der Waals surface area contributed by atoms with Gasteiger partial charge in [-0.05, 0) is 157 Å². The summed E-state index contributed by atoms with van der Waals surface area (Å²) in [7, 11) is 0. The first-order valence-electron chi connectivity index (χ1n) is 24.8. The van der Waals surface area contributed by atoms with Crippen LogP contribution in [0.15, 0.2) is 212 Å². The molecule has 2 nitrogen and oxygen atoms in total. The first kappa shape index (κ1) is 44.1. The van der Waals surface area contributed by atoms with E-state index in [-0.39, 0.29) is 16.2 Å². The highest BCUT2D eigenvalue weighted by Gasteiger charge is 2.36. The van der Waals surface area contributed by atoms with Crippen LogP contribution in [0.5, 0.6) is 0 Å². The Kier molecular flexibility index (Phi) is 10.8. The van der Waals surface area contributed by atoms with E-state index in [2.05, 4.69) is 277 Å². The number of rotatable bonds is 9. The van der Waals surface area contributed by atoms with E-state index in [4.69, 9.17) is 0 Å². The summed E-state index contributed by atoms with van der Waals surface area (Å²) in [6.07, 6.45) is 1.15. The number of anilines is 3. The fourth-order valence-corrected chi connectivity index (χ4v) is 11.2. The van der Waals surface area contributed by atoms with Crippen LogP contribution in [0.3, 0.4) is 0 Å². The quantitative estimate of drug-likeness (QED) is 0.140. The summed E-state index contributed by atoms with van der Waals surface area (Å²) >= 11 is 0. The summed E-state index contributed by atoms with van der Waals surface area (Å²) in [4.78, 5) is 2.38. The minimum atomic E-state index is -0.0768. The topological polar surface area (TPSA) is 8.17 Å². The third-order valence-electron chi connectivity index (χ3n) is 14.8. The third-order valence-corrected chi connectivity index (χ3v) is 14.8. The van der Waals surface area contributed by atoms with Gasteiger partial charge in [-0.1, -0.05) is 195 Å². The SMILES string of the molecule is CC(C)(C)CC(c1ccc(-c2ccc3c(c2)c2cc(-c4ccc(-c5ccc(N(c6ccccc6)c6ccc7c(c6)C(C)(C)c6ccccc6-7)cc5)cc4)ccc2n3-c2ccccc2)cc1)C(C)(C)C. The second-order valence-electron chi connectivity index (χ2n) is 22.1. The second-order valence-corrected chi connectivity index (χ2v) is 22.1. The van der Waals surface area contributed by atoms with Gasteiger partial charge in [0.1, 0.15) is 0 Å². The number of fused-ring (bicyclic) bond motifs is 6. The standard InChI is InChI=1S/C67H62N2/c1-65(2,3)44-62(66(4,5)6)49-29-27-48(28-30-49)51-34-40-64-59(42-51)58-41-50(33-39-63(58)69(64)53-19-13-10-14-20-53)47-25-23-45(24-26-47)46-31-35-54(36-32-46)68(52-17-11-9-12-18-52)55-37-38-57-56-21-15-16-22-60(56)67(7,8)61(57)43-55/h9-43,62H,44H2,1-8H3. The normalized spacial score (nSPS) is 13.6. The van der Waals surface area contributed by atoms with Crippen molar-refractivity contribution in [2.75, 3.05) is 4.90 Å². The second kappa shape index (κ2) is 17.0. The van der Waals surface area contributed by atoms with E-state index in [0.29, 0.717) is 5.92 Å². The van der Waals surface area contributed by atoms with Crippen LogP contribution in [0.1, 0.15) is 84.4 Å². The van der Waals surface area contributed by atoms with Crippen LogP contribution in [-0.2, 0) is 5.41 Å². The van der Waals surface area contributed by atoms with Crippen LogP contribution < -0.4 is 4.90 Å². The van der Waals surface area contributed by atoms with E-state index in [0.717, 1.165) is 23.5 Å². The number of hydrogen-bond donors (Lipinski definition) is 0. The van der Waals surface area contributed by atoms with Crippen molar-refractivity contribution >= 4 is 38.9 Å². The molecule has 11 rings (SSSR count). The van der Waals surface area contributed by atoms with Crippen molar-refractivity contribution in [1.29, 1.82) is 0 Å². The highest BCUT2D eigenvalue weighted by Crippen LogP contribution is 2.51. The number of aromatic nitrogens is 1. The Bertz CT molecular complexity index is 3470. The molecule has 1 unspecified atom stereocenters. The molecule has 0 aliphatic heterocycles. The predicted octanol–water partition coefficient (Wildman–Crippen LogP) is 19.1. The summed E-state index contributed by atoms with van der Waals surface area (Å²) in [5.41, 5.74) is 21.5. The Morgan fingerprint density at radius 2 is 0.870 bits per heavy atom. The van der Waals surface area contributed by atoms with Gasteiger partial charge in [-0.2, -0.15) is 0 Å². The number of nitrogens with zero attached hydrogens (tertiary/aromatic N) is 2. The maximum Gasteiger partial charge on any atom is 0.0541 e. The van der Waals surface area contributed by atoms with Crippen molar-refractivity contribution in [2.45, 2.75) is 73.1 Å². The minimum Gasteiger partial charge on any atom is -0.310 e. The fraction of sp³-hybridized carbons (Fsp3) is 0.194. The van der Waals surface area contributed by atoms with E-state index in [1.807, 2.05) is 0 Å². The molecule has 0 radical (unpaired) electrons. The van der Waals surface area contributed by atoms with Gasteiger partial charge >= 0.3 is 0 Å². The molecule has 1 aliphatic rings. The molecular weight excluding hydrogens is 833 g/mol. The summed E-state index contributed by atoms with van der Waals surface area (Å²) in [6, 6.07) is 78.9. The van der Waals surface area contributed by atoms with Gasteiger partial charge < -0.3 is 9.47 Å². The van der Waals surface area contributed by atoms with Crippen molar-refractivity contribution < 1.29 is 0 Å². The maximum atomic E-state index is 2.41. The molecule has 0 saturated heterocycles. The molecule has 1 heterocycles. The van der Waals surface area contributed by atoms with Crippen molar-refractivity contribution in [3.63, 3.8) is 0 Å². The van der Waals surface area contributed by atoms with E-state index in [1.54, 1.807) is 0 Å². The lowest BCUT2D eigenvalue weighted by Gasteiger charge is -2.36. The smallest absolute Gasteiger partial charge is 0.0541 e. The van der Waals surface area contributed by atoms with E-state index in [1.165, 1.54) is 88.7 Å². The summed E-state index contributed by atoms with van der Waals surface area (Å²) in [5, 5.41) is 2.51. The van der Waals surface area contributed by atoms with Crippen LogP contribution >= 0.6 is 0 Å². The molecule has 9 aromatic carbocycles. The average Bonchev–Trinajstić information content (AvgIpc) is 3.80. The Morgan fingerprint density at radius 3 is 1.43 bits per heavy atom. The zero-order chi connectivity index (χ0) is 47.7. The molecule has 340 valence electrons. The number of hydrogen-bond acceptors (Lipinski definition) is 1. The van der Waals surface area contributed by atoms with Crippen molar-refractivity contribution in [3.8, 4) is 50.2 Å². The summed E-state index contributed by atoms with van der Waals surface area (Å²) in [6.45, 7) is 18.9. The predicted molar refractivity (Wildman–Crippen MR) is 296 cm³/mol. The monoisotopic (exact) mass is 894 g/mol. The minimum absolute atomic E-state index is 0.0768. The van der Waals surface area contributed by atoms with Crippen molar-refractivity contribution in [3.05, 3.63) is 229 Å². The van der Waals surface area contributed by atoms with Gasteiger partial charge in [0, 0.05) is 38.9 Å². The molecule has 69 heavy (non-hydrogen) atoms. The molecule has 0 amide bonds. The van der Waals surface area contributed by atoms with E-state index >= 15 is 0 Å². The van der Waals surface area contributed by atoms with Crippen LogP contribution in [0.2, 0.25) is 0 Å². The molecule has 0 saturated carbocycles. The van der Waals surface area contributed by atoms with Crippen LogP contribution in [0.25, 0.3) is 72.0 Å². The first-order chi connectivity index (χ1) is 33.2. The van der Waals surface area contributed by atoms with Crippen LogP contribution in [0, 0.1) is 10.8 Å². The zero-order valence-corrected chi connectivity index (χ0v) is 41.4. The van der Waals surface area contributed by atoms with Gasteiger partial charge in [0.15, 0.2) is 0 Å². The lowest BCUT2D eigenvalue weighted by molar-refractivity contribution is 0.229. The Labute approximate surface area is 409 Å². The van der Waals surface area contributed by atoms with Crippen LogP contribution in [0.4, 0.5) is 17.1 Å². The summed E-state index contributed by atoms with van der Waals surface area (Å²) in [5.74, 6) is 0.482. The van der Waals surface area contributed by atoms with Crippen molar-refractivity contribution in [1.82, 2.24) is 4.57 Å². The molecule has 1 atom stereocenters. The lowest BCUT2D eigenvalue weighted by atomic mass is 9.69.